The lowest BCUT2D eigenvalue weighted by molar-refractivity contribution is 0.922. The quantitative estimate of drug-likeness (QED) is 0.221. The van der Waals surface area contributed by atoms with E-state index in [1.807, 2.05) is 6.92 Å². The van der Waals surface area contributed by atoms with E-state index in [0.717, 1.165) is 4.47 Å². The van der Waals surface area contributed by atoms with Gasteiger partial charge in [0.25, 0.3) is 0 Å². The maximum absolute atomic E-state index is 8.19. The van der Waals surface area contributed by atoms with Crippen LogP contribution in [0.15, 0.2) is 106 Å². The summed E-state index contributed by atoms with van der Waals surface area (Å²) in [7, 11) is 0. The summed E-state index contributed by atoms with van der Waals surface area (Å²) >= 11 is 6.45. The predicted molar refractivity (Wildman–Crippen MR) is 147 cm³/mol. The van der Waals surface area contributed by atoms with Crippen LogP contribution in [0, 0.1) is 0 Å². The van der Waals surface area contributed by atoms with Crippen molar-refractivity contribution in [1.29, 1.82) is 0 Å². The molecule has 4 aromatic rings. The van der Waals surface area contributed by atoms with E-state index in [0.29, 0.717) is 18.4 Å². The summed E-state index contributed by atoms with van der Waals surface area (Å²) in [6.45, 7) is 4.08. The molecule has 2 heteroatoms. The summed E-state index contributed by atoms with van der Waals surface area (Å²) < 4.78 is 65.6. The van der Waals surface area contributed by atoms with E-state index in [9.17, 15) is 0 Å². The average molecular weight is 558 g/mol. The van der Waals surface area contributed by atoms with E-state index in [4.69, 9.17) is 11.0 Å². The second-order valence-electron chi connectivity index (χ2n) is 7.25. The molecule has 4 rings (SSSR count). The molecule has 0 aromatic heterocycles. The molecule has 0 nitrogen and oxygen atoms in total. The summed E-state index contributed by atoms with van der Waals surface area (Å²) in [4.78, 5) is 0. The maximum Gasteiger partial charge on any atom is 0.0635 e. The first-order chi connectivity index (χ1) is 18.9. The van der Waals surface area contributed by atoms with Crippen LogP contribution in [0.3, 0.4) is 0 Å². The molecular formula is C30H30Br2. The van der Waals surface area contributed by atoms with E-state index in [1.165, 1.54) is 29.5 Å². The molecule has 0 spiro atoms. The molecule has 0 bridgehead atoms. The van der Waals surface area contributed by atoms with Crippen LogP contribution in [-0.4, -0.2) is 0 Å². The van der Waals surface area contributed by atoms with Crippen molar-refractivity contribution in [3.05, 3.63) is 117 Å². The third-order valence-corrected chi connectivity index (χ3v) is 5.62. The summed E-state index contributed by atoms with van der Waals surface area (Å²) in [6.07, 6.45) is 3.43. The Balaban J connectivity index is 0.000000238. The molecule has 4 aromatic carbocycles. The first-order valence-corrected chi connectivity index (χ1v) is 12.2. The SMILES string of the molecule is CCCc1ccc(-c2ccc(Br)cc2)cc1.[2H]c1c([2H])c(-c2c([2H])c([2H])c(CCC)c([2H])c2[2H])c([2H])c([2H])c1Br. The van der Waals surface area contributed by atoms with Crippen molar-refractivity contribution in [3.8, 4) is 22.3 Å². The van der Waals surface area contributed by atoms with Gasteiger partial charge in [-0.3, -0.25) is 0 Å². The van der Waals surface area contributed by atoms with Crippen LogP contribution in [0.5, 0.6) is 0 Å². The van der Waals surface area contributed by atoms with Crippen LogP contribution in [0.25, 0.3) is 22.3 Å². The van der Waals surface area contributed by atoms with Crippen LogP contribution in [-0.2, 0) is 12.8 Å². The molecule has 0 N–H and O–H groups in total. The van der Waals surface area contributed by atoms with Crippen molar-refractivity contribution in [2.45, 2.75) is 39.5 Å². The molecular weight excluding hydrogens is 520 g/mol. The Bertz CT molecular complexity index is 1440. The normalized spacial score (nSPS) is 13.9. The van der Waals surface area contributed by atoms with Crippen LogP contribution in [0.1, 0.15) is 48.8 Å². The van der Waals surface area contributed by atoms with Crippen molar-refractivity contribution in [1.82, 2.24) is 0 Å². The second kappa shape index (κ2) is 12.8. The molecule has 0 saturated heterocycles. The molecule has 0 radical (unpaired) electrons. The number of hydrogen-bond acceptors (Lipinski definition) is 0. The fourth-order valence-electron chi connectivity index (χ4n) is 3.06. The fraction of sp³-hybridized carbons (Fsp3) is 0.200. The molecule has 164 valence electrons. The number of hydrogen-bond donors (Lipinski definition) is 0. The Hall–Kier alpha value is -2.16. The third kappa shape index (κ3) is 7.46. The monoisotopic (exact) mass is 556 g/mol. The van der Waals surface area contributed by atoms with Crippen molar-refractivity contribution in [2.24, 2.45) is 0 Å². The molecule has 0 heterocycles. The van der Waals surface area contributed by atoms with Gasteiger partial charge >= 0.3 is 0 Å². The Labute approximate surface area is 221 Å². The maximum atomic E-state index is 8.19. The first-order valence-electron chi connectivity index (χ1n) is 14.6. The Morgan fingerprint density at radius 2 is 0.938 bits per heavy atom. The number of benzene rings is 4. The minimum absolute atomic E-state index is 0.000826. The highest BCUT2D eigenvalue weighted by molar-refractivity contribution is 9.10. The van der Waals surface area contributed by atoms with Gasteiger partial charge in [-0.2, -0.15) is 0 Å². The molecule has 0 atom stereocenters. The van der Waals surface area contributed by atoms with Gasteiger partial charge < -0.3 is 0 Å². The van der Waals surface area contributed by atoms with Gasteiger partial charge in [-0.1, -0.05) is 131 Å². The number of aryl methyl sites for hydroxylation is 1. The Morgan fingerprint density at radius 3 is 1.44 bits per heavy atom. The second-order valence-corrected chi connectivity index (χ2v) is 8.96. The van der Waals surface area contributed by atoms with E-state index in [1.54, 1.807) is 0 Å². The zero-order valence-corrected chi connectivity index (χ0v) is 21.4. The third-order valence-electron chi connectivity index (χ3n) is 4.69. The van der Waals surface area contributed by atoms with Gasteiger partial charge in [-0.15, -0.1) is 0 Å². The molecule has 0 amide bonds. The van der Waals surface area contributed by atoms with Crippen molar-refractivity contribution in [3.63, 3.8) is 0 Å². The van der Waals surface area contributed by atoms with E-state index < -0.39 is 12.1 Å². The van der Waals surface area contributed by atoms with Crippen LogP contribution >= 0.6 is 31.9 Å². The van der Waals surface area contributed by atoms with E-state index >= 15 is 0 Å². The van der Waals surface area contributed by atoms with Crippen molar-refractivity contribution in [2.75, 3.05) is 0 Å². The van der Waals surface area contributed by atoms with Crippen LogP contribution < -0.4 is 0 Å². The molecule has 32 heavy (non-hydrogen) atoms. The lowest BCUT2D eigenvalue weighted by Gasteiger charge is -2.03. The zero-order valence-electron chi connectivity index (χ0n) is 26.2. The molecule has 0 unspecified atom stereocenters. The summed E-state index contributed by atoms with van der Waals surface area (Å²) in [5.74, 6) is 0. The minimum atomic E-state index is -0.396. The number of halogens is 2. The topological polar surface area (TPSA) is 0 Å². The molecule has 0 aliphatic carbocycles. The first kappa shape index (κ1) is 15.6. The molecule has 0 aliphatic rings. The van der Waals surface area contributed by atoms with Gasteiger partial charge in [0.15, 0.2) is 0 Å². The highest BCUT2D eigenvalue weighted by atomic mass is 79.9. The lowest BCUT2D eigenvalue weighted by Crippen LogP contribution is -1.83. The predicted octanol–water partition coefficient (Wildman–Crippen LogP) is 10.1. The van der Waals surface area contributed by atoms with Crippen molar-refractivity contribution < 1.29 is 11.0 Å². The summed E-state index contributed by atoms with van der Waals surface area (Å²) in [5, 5.41) is 0. The highest BCUT2D eigenvalue weighted by Crippen LogP contribution is 2.23. The van der Waals surface area contributed by atoms with E-state index in [2.05, 4.69) is 87.3 Å². The smallest absolute Gasteiger partial charge is 0.0635 e. The summed E-state index contributed by atoms with van der Waals surface area (Å²) in [6, 6.07) is 14.8. The zero-order chi connectivity index (χ0) is 29.7. The van der Waals surface area contributed by atoms with E-state index in [-0.39, 0.29) is 51.9 Å². The van der Waals surface area contributed by atoms with Gasteiger partial charge in [-0.05, 0) is 70.4 Å². The van der Waals surface area contributed by atoms with Crippen LogP contribution in [0.2, 0.25) is 0 Å². The fourth-order valence-corrected chi connectivity index (χ4v) is 3.52. The van der Waals surface area contributed by atoms with Gasteiger partial charge in [0, 0.05) is 8.95 Å². The summed E-state index contributed by atoms with van der Waals surface area (Å²) in [5.41, 5.74) is 3.85. The molecule has 0 fully saturated rings. The Morgan fingerprint density at radius 1 is 0.500 bits per heavy atom. The largest absolute Gasteiger partial charge is 0.0651 e. The average Bonchev–Trinajstić information content (AvgIpc) is 2.95. The molecule has 0 aliphatic heterocycles. The van der Waals surface area contributed by atoms with Gasteiger partial charge in [0.05, 0.1) is 11.0 Å². The van der Waals surface area contributed by atoms with Crippen molar-refractivity contribution >= 4 is 31.9 Å². The highest BCUT2D eigenvalue weighted by Gasteiger charge is 1.99. The minimum Gasteiger partial charge on any atom is -0.0651 e. The molecule has 0 saturated carbocycles. The Kier molecular flexibility index (Phi) is 6.24. The van der Waals surface area contributed by atoms with Gasteiger partial charge in [0.1, 0.15) is 0 Å². The number of rotatable bonds is 6. The lowest BCUT2D eigenvalue weighted by atomic mass is 10.0. The standard InChI is InChI=1S/2C15H15Br/c2*1-2-3-12-4-6-13(7-5-12)14-8-10-15(16)11-9-14/h2*4-11H,2-3H2,1H3/i4D,5D,6D,7D,8D,9D,10D,11D;. The van der Waals surface area contributed by atoms with Gasteiger partial charge in [-0.25, -0.2) is 0 Å². The van der Waals surface area contributed by atoms with Crippen LogP contribution in [0.4, 0.5) is 0 Å². The van der Waals surface area contributed by atoms with Gasteiger partial charge in [0.2, 0.25) is 0 Å².